The van der Waals surface area contributed by atoms with Crippen molar-refractivity contribution in [2.75, 3.05) is 13.2 Å². The lowest BCUT2D eigenvalue weighted by Crippen LogP contribution is -2.41. The minimum Gasteiger partial charge on any atom is -0.480 e. The van der Waals surface area contributed by atoms with E-state index in [1.54, 1.807) is 0 Å². The Morgan fingerprint density at radius 1 is 1.10 bits per heavy atom. The van der Waals surface area contributed by atoms with Crippen LogP contribution in [0.5, 0.6) is 0 Å². The van der Waals surface area contributed by atoms with Gasteiger partial charge in [-0.3, -0.25) is 5.43 Å². The van der Waals surface area contributed by atoms with Crippen molar-refractivity contribution >= 4 is 12.1 Å². The Bertz CT molecular complexity index is 912. The minimum absolute atomic E-state index is 0.0850. The van der Waals surface area contributed by atoms with Crippen molar-refractivity contribution in [3.05, 3.63) is 70.1 Å². The molecule has 1 amide bonds. The fourth-order valence-electron chi connectivity index (χ4n) is 3.67. The number of rotatable bonds is 10. The third kappa shape index (κ3) is 5.01. The molecule has 0 fully saturated rings. The second-order valence-electron chi connectivity index (χ2n) is 6.95. The fourth-order valence-corrected chi connectivity index (χ4v) is 3.67. The molecule has 3 rings (SSSR count). The number of fused-ring (bicyclic) bond motifs is 3. The van der Waals surface area contributed by atoms with Crippen molar-refractivity contribution in [1.29, 1.82) is 0 Å². The number of carbonyl (C=O) groups excluding carboxylic acids is 1. The van der Waals surface area contributed by atoms with E-state index in [9.17, 15) is 14.7 Å². The number of carboxylic acids is 1. The van der Waals surface area contributed by atoms with Crippen molar-refractivity contribution in [2.45, 2.75) is 31.2 Å². The van der Waals surface area contributed by atoms with Gasteiger partial charge >= 0.3 is 12.1 Å². The molecule has 30 heavy (non-hydrogen) atoms. The summed E-state index contributed by atoms with van der Waals surface area (Å²) in [5.74, 6) is -1.20. The molecule has 1 aliphatic carbocycles. The molecule has 1 atom stereocenters. The van der Waals surface area contributed by atoms with Crippen LogP contribution < -0.4 is 10.7 Å². The number of unbranched alkanes of at least 4 members (excludes halogenated alkanes) is 1. The molecule has 0 heterocycles. The zero-order valence-electron chi connectivity index (χ0n) is 16.3. The third-order valence-electron chi connectivity index (χ3n) is 5.08. The number of carbonyl (C=O) groups is 2. The van der Waals surface area contributed by atoms with Gasteiger partial charge in [-0.25, -0.2) is 9.59 Å². The maximum atomic E-state index is 12.2. The molecule has 1 aliphatic rings. The quantitative estimate of drug-likeness (QED) is 0.179. The standard InChI is InChI=1S/C21H23N5O4/c22-25-26-23-12-6-5-11-19(20(27)28)24-21(29)30-13-18-16-9-3-1-7-14(16)15-8-2-4-10-17(15)18/h1-4,7-10,18-19,23H,5-6,11-13H2,(H,24,29)(H,27,28)/t19-/m1/s1. The number of azide groups is 1. The maximum Gasteiger partial charge on any atom is 0.407 e. The van der Waals surface area contributed by atoms with Gasteiger partial charge in [0.05, 0.1) is 6.54 Å². The first-order valence-corrected chi connectivity index (χ1v) is 9.73. The predicted molar refractivity (Wildman–Crippen MR) is 111 cm³/mol. The lowest BCUT2D eigenvalue weighted by Gasteiger charge is -2.17. The van der Waals surface area contributed by atoms with E-state index in [0.717, 1.165) is 22.3 Å². The Balaban J connectivity index is 1.54. The van der Waals surface area contributed by atoms with Gasteiger partial charge in [0, 0.05) is 5.92 Å². The van der Waals surface area contributed by atoms with Gasteiger partial charge in [-0.1, -0.05) is 48.5 Å². The van der Waals surface area contributed by atoms with Crippen LogP contribution in [0.3, 0.4) is 0 Å². The SMILES string of the molecule is [N-]=[N+]=NNCCCC[C@@H](NC(=O)OCC1c2ccccc2-c2ccccc21)C(=O)O. The molecule has 0 saturated carbocycles. The summed E-state index contributed by atoms with van der Waals surface area (Å²) in [6, 6.07) is 15.0. The summed E-state index contributed by atoms with van der Waals surface area (Å²) >= 11 is 0. The average Bonchev–Trinajstić information content (AvgIpc) is 3.07. The number of nitrogens with one attached hydrogen (secondary N) is 2. The van der Waals surface area contributed by atoms with Crippen molar-refractivity contribution < 1.29 is 19.4 Å². The number of nitrogens with zero attached hydrogens (tertiary/aromatic N) is 3. The largest absolute Gasteiger partial charge is 0.480 e. The van der Waals surface area contributed by atoms with E-state index in [-0.39, 0.29) is 18.9 Å². The molecule has 0 aromatic heterocycles. The first-order valence-electron chi connectivity index (χ1n) is 9.73. The van der Waals surface area contributed by atoms with E-state index in [1.165, 1.54) is 0 Å². The van der Waals surface area contributed by atoms with Gasteiger partial charge in [-0.05, 0) is 46.7 Å². The molecule has 9 nitrogen and oxygen atoms in total. The van der Waals surface area contributed by atoms with Crippen LogP contribution >= 0.6 is 0 Å². The molecular formula is C21H23N5O4. The predicted octanol–water partition coefficient (Wildman–Crippen LogP) is 3.96. The van der Waals surface area contributed by atoms with Crippen LogP contribution in [0.1, 0.15) is 36.3 Å². The second-order valence-corrected chi connectivity index (χ2v) is 6.95. The molecule has 0 spiro atoms. The highest BCUT2D eigenvalue weighted by molar-refractivity contribution is 5.81. The molecule has 2 aromatic rings. The molecule has 0 unspecified atom stereocenters. The van der Waals surface area contributed by atoms with E-state index in [2.05, 4.69) is 20.9 Å². The zero-order valence-corrected chi connectivity index (χ0v) is 16.3. The summed E-state index contributed by atoms with van der Waals surface area (Å²) in [6.45, 7) is 0.559. The number of carboxylic acid groups (broad SMARTS) is 1. The second kappa shape index (κ2) is 10.2. The minimum atomic E-state index is -1.12. The lowest BCUT2D eigenvalue weighted by molar-refractivity contribution is -0.139. The van der Waals surface area contributed by atoms with Gasteiger partial charge in [-0.15, -0.1) is 5.53 Å². The monoisotopic (exact) mass is 409 g/mol. The van der Waals surface area contributed by atoms with E-state index >= 15 is 0 Å². The Morgan fingerprint density at radius 2 is 1.73 bits per heavy atom. The Labute approximate surface area is 173 Å². The van der Waals surface area contributed by atoms with E-state index in [4.69, 9.17) is 10.3 Å². The highest BCUT2D eigenvalue weighted by Gasteiger charge is 2.29. The van der Waals surface area contributed by atoms with Crippen molar-refractivity contribution in [3.63, 3.8) is 0 Å². The van der Waals surface area contributed by atoms with Crippen molar-refractivity contribution in [1.82, 2.24) is 10.7 Å². The van der Waals surface area contributed by atoms with Crippen LogP contribution in [0.4, 0.5) is 4.79 Å². The summed E-state index contributed by atoms with van der Waals surface area (Å²) in [7, 11) is 0. The Morgan fingerprint density at radius 3 is 2.33 bits per heavy atom. The number of aliphatic carboxylic acids is 1. The number of ether oxygens (including phenoxy) is 1. The highest BCUT2D eigenvalue weighted by Crippen LogP contribution is 2.44. The van der Waals surface area contributed by atoms with Crippen LogP contribution in [0.25, 0.3) is 21.6 Å². The number of alkyl carbamates (subject to hydrolysis) is 1. The van der Waals surface area contributed by atoms with E-state index in [1.807, 2.05) is 48.5 Å². The maximum absolute atomic E-state index is 12.2. The van der Waals surface area contributed by atoms with Gasteiger partial charge in [0.2, 0.25) is 0 Å². The smallest absolute Gasteiger partial charge is 0.407 e. The normalized spacial score (nSPS) is 12.8. The van der Waals surface area contributed by atoms with Gasteiger partial charge in [-0.2, -0.15) is 4.91 Å². The molecule has 0 radical (unpaired) electrons. The first-order chi connectivity index (χ1) is 14.6. The molecule has 2 aromatic carbocycles. The Hall–Kier alpha value is -3.71. The van der Waals surface area contributed by atoms with Crippen molar-refractivity contribution in [2.24, 2.45) is 5.22 Å². The van der Waals surface area contributed by atoms with Crippen LogP contribution in [-0.2, 0) is 9.53 Å². The van der Waals surface area contributed by atoms with Gasteiger partial charge < -0.3 is 15.2 Å². The zero-order chi connectivity index (χ0) is 21.3. The molecule has 9 heteroatoms. The average molecular weight is 409 g/mol. The number of hydrogen-bond donors (Lipinski definition) is 3. The van der Waals surface area contributed by atoms with Gasteiger partial charge in [0.25, 0.3) is 0 Å². The summed E-state index contributed by atoms with van der Waals surface area (Å²) in [5, 5.41) is 15.0. The summed E-state index contributed by atoms with van der Waals surface area (Å²) in [6.07, 6.45) is 0.637. The highest BCUT2D eigenvalue weighted by atomic mass is 16.5. The third-order valence-corrected chi connectivity index (χ3v) is 5.08. The van der Waals surface area contributed by atoms with E-state index in [0.29, 0.717) is 19.4 Å². The fraction of sp³-hybridized carbons (Fsp3) is 0.333. The Kier molecular flexibility index (Phi) is 7.13. The molecule has 0 aliphatic heterocycles. The first kappa shape index (κ1) is 21.0. The lowest BCUT2D eigenvalue weighted by atomic mass is 9.98. The van der Waals surface area contributed by atoms with Gasteiger partial charge in [0.15, 0.2) is 0 Å². The van der Waals surface area contributed by atoms with Crippen molar-refractivity contribution in [3.8, 4) is 11.1 Å². The summed E-state index contributed by atoms with van der Waals surface area (Å²) in [5.41, 5.74) is 15.1. The van der Waals surface area contributed by atoms with E-state index < -0.39 is 18.1 Å². The molecule has 0 bridgehead atoms. The van der Waals surface area contributed by atoms with Crippen LogP contribution in [0.2, 0.25) is 0 Å². The molecule has 0 saturated heterocycles. The number of benzene rings is 2. The molecule has 3 N–H and O–H groups in total. The summed E-state index contributed by atoms with van der Waals surface area (Å²) < 4.78 is 5.40. The van der Waals surface area contributed by atoms with Gasteiger partial charge in [0.1, 0.15) is 12.6 Å². The number of amides is 1. The molecular weight excluding hydrogens is 386 g/mol. The van der Waals surface area contributed by atoms with Crippen LogP contribution in [0.15, 0.2) is 53.8 Å². The summed E-state index contributed by atoms with van der Waals surface area (Å²) in [4.78, 5) is 26.2. The van der Waals surface area contributed by atoms with Crippen LogP contribution in [-0.4, -0.2) is 36.4 Å². The van der Waals surface area contributed by atoms with Crippen LogP contribution in [0, 0.1) is 0 Å². The number of hydrogen-bond acceptors (Lipinski definition) is 4. The topological polar surface area (TPSA) is 136 Å². The molecule has 156 valence electrons.